The van der Waals surface area contributed by atoms with Crippen LogP contribution in [0.2, 0.25) is 0 Å². The fourth-order valence-electron chi connectivity index (χ4n) is 1.76. The van der Waals surface area contributed by atoms with Crippen LogP contribution in [-0.4, -0.2) is 12.4 Å². The first-order chi connectivity index (χ1) is 6.98. The molecule has 1 aliphatic rings. The predicted molar refractivity (Wildman–Crippen MR) is 66.1 cm³/mol. The standard InChI is InChI=1S/C13H18OS/c1-9-7-10(13(2,3)4)8-11-12(9)15-6-5-14-11/h7-8H,5-6H2,1-4H3. The largest absolute Gasteiger partial charge is 0.492 e. The molecular weight excluding hydrogens is 204 g/mol. The zero-order valence-corrected chi connectivity index (χ0v) is 10.7. The number of rotatable bonds is 0. The van der Waals surface area contributed by atoms with Crippen LogP contribution in [0.4, 0.5) is 0 Å². The van der Waals surface area contributed by atoms with Gasteiger partial charge in [-0.3, -0.25) is 0 Å². The molecule has 0 fully saturated rings. The first-order valence-electron chi connectivity index (χ1n) is 5.39. The molecule has 0 aromatic heterocycles. The highest BCUT2D eigenvalue weighted by atomic mass is 32.2. The Balaban J connectivity index is 2.50. The zero-order valence-electron chi connectivity index (χ0n) is 9.89. The molecule has 1 nitrogen and oxygen atoms in total. The summed E-state index contributed by atoms with van der Waals surface area (Å²) in [4.78, 5) is 1.33. The lowest BCUT2D eigenvalue weighted by Crippen LogP contribution is -2.14. The molecule has 0 spiro atoms. The smallest absolute Gasteiger partial charge is 0.133 e. The van der Waals surface area contributed by atoms with E-state index in [-0.39, 0.29) is 5.41 Å². The highest BCUT2D eigenvalue weighted by molar-refractivity contribution is 7.99. The molecule has 0 saturated carbocycles. The van der Waals surface area contributed by atoms with E-state index in [1.54, 1.807) is 0 Å². The van der Waals surface area contributed by atoms with E-state index in [0.29, 0.717) is 0 Å². The summed E-state index contributed by atoms with van der Waals surface area (Å²) in [6, 6.07) is 4.50. The van der Waals surface area contributed by atoms with Crippen LogP contribution in [0, 0.1) is 6.92 Å². The van der Waals surface area contributed by atoms with Gasteiger partial charge in [-0.1, -0.05) is 26.8 Å². The third-order valence-electron chi connectivity index (χ3n) is 2.69. The molecule has 1 aromatic rings. The fraction of sp³-hybridized carbons (Fsp3) is 0.538. The fourth-order valence-corrected chi connectivity index (χ4v) is 2.68. The van der Waals surface area contributed by atoms with E-state index in [4.69, 9.17) is 4.74 Å². The van der Waals surface area contributed by atoms with Crippen molar-refractivity contribution in [3.63, 3.8) is 0 Å². The van der Waals surface area contributed by atoms with Crippen molar-refractivity contribution in [3.8, 4) is 5.75 Å². The van der Waals surface area contributed by atoms with Gasteiger partial charge < -0.3 is 4.74 Å². The van der Waals surface area contributed by atoms with Crippen LogP contribution in [0.1, 0.15) is 31.9 Å². The average Bonchev–Trinajstić information content (AvgIpc) is 2.16. The molecule has 0 amide bonds. The summed E-state index contributed by atoms with van der Waals surface area (Å²) in [6.45, 7) is 9.73. The second kappa shape index (κ2) is 3.75. The van der Waals surface area contributed by atoms with Crippen molar-refractivity contribution in [3.05, 3.63) is 23.3 Å². The Morgan fingerprint density at radius 2 is 2.00 bits per heavy atom. The summed E-state index contributed by atoms with van der Waals surface area (Å²) < 4.78 is 5.72. The highest BCUT2D eigenvalue weighted by Crippen LogP contribution is 2.39. The zero-order chi connectivity index (χ0) is 11.1. The Hall–Kier alpha value is -0.630. The molecule has 0 atom stereocenters. The Bertz CT molecular complexity index is 377. The van der Waals surface area contributed by atoms with Crippen molar-refractivity contribution in [2.24, 2.45) is 0 Å². The van der Waals surface area contributed by atoms with Gasteiger partial charge in [-0.15, -0.1) is 11.8 Å². The number of thioether (sulfide) groups is 1. The summed E-state index contributed by atoms with van der Waals surface area (Å²) in [5, 5.41) is 0. The lowest BCUT2D eigenvalue weighted by Gasteiger charge is -2.25. The van der Waals surface area contributed by atoms with Gasteiger partial charge in [-0.2, -0.15) is 0 Å². The average molecular weight is 222 g/mol. The molecule has 82 valence electrons. The Labute approximate surface area is 96.2 Å². The molecule has 2 rings (SSSR count). The normalized spacial score (nSPS) is 15.7. The molecule has 0 radical (unpaired) electrons. The highest BCUT2D eigenvalue weighted by Gasteiger charge is 2.20. The topological polar surface area (TPSA) is 9.23 Å². The van der Waals surface area contributed by atoms with Crippen molar-refractivity contribution in [1.29, 1.82) is 0 Å². The van der Waals surface area contributed by atoms with Gasteiger partial charge in [0.1, 0.15) is 5.75 Å². The van der Waals surface area contributed by atoms with E-state index < -0.39 is 0 Å². The predicted octanol–water partition coefficient (Wildman–Crippen LogP) is 3.78. The molecule has 0 bridgehead atoms. The van der Waals surface area contributed by atoms with Gasteiger partial charge in [0.25, 0.3) is 0 Å². The molecule has 2 heteroatoms. The number of hydrogen-bond donors (Lipinski definition) is 0. The summed E-state index contributed by atoms with van der Waals surface area (Å²) in [5.41, 5.74) is 2.91. The molecule has 1 aliphatic heterocycles. The van der Waals surface area contributed by atoms with Crippen molar-refractivity contribution < 1.29 is 4.74 Å². The van der Waals surface area contributed by atoms with Gasteiger partial charge in [0, 0.05) is 5.75 Å². The minimum atomic E-state index is 0.200. The number of aryl methyl sites for hydroxylation is 1. The van der Waals surface area contributed by atoms with E-state index >= 15 is 0 Å². The van der Waals surface area contributed by atoms with Crippen molar-refractivity contribution in [2.45, 2.75) is 38.0 Å². The quantitative estimate of drug-likeness (QED) is 0.660. The summed E-state index contributed by atoms with van der Waals surface area (Å²) in [5.74, 6) is 2.15. The molecule has 0 N–H and O–H groups in total. The molecular formula is C13H18OS. The molecule has 0 aliphatic carbocycles. The van der Waals surface area contributed by atoms with Crippen LogP contribution in [0.3, 0.4) is 0 Å². The SMILES string of the molecule is Cc1cc(C(C)(C)C)cc2c1SCCO2. The van der Waals surface area contributed by atoms with Crippen LogP contribution < -0.4 is 4.74 Å². The molecule has 15 heavy (non-hydrogen) atoms. The maximum Gasteiger partial charge on any atom is 0.133 e. The van der Waals surface area contributed by atoms with Crippen LogP contribution in [0.15, 0.2) is 17.0 Å². The summed E-state index contributed by atoms with van der Waals surface area (Å²) in [7, 11) is 0. The van der Waals surface area contributed by atoms with Gasteiger partial charge in [0.15, 0.2) is 0 Å². The van der Waals surface area contributed by atoms with Crippen LogP contribution in [0.5, 0.6) is 5.75 Å². The van der Waals surface area contributed by atoms with Crippen LogP contribution >= 0.6 is 11.8 Å². The number of benzene rings is 1. The maximum atomic E-state index is 5.72. The van der Waals surface area contributed by atoms with Gasteiger partial charge in [-0.05, 0) is 29.5 Å². The molecule has 1 heterocycles. The molecule has 1 aromatic carbocycles. The third kappa shape index (κ3) is 2.15. The number of fused-ring (bicyclic) bond motifs is 1. The van der Waals surface area contributed by atoms with E-state index in [1.807, 2.05) is 11.8 Å². The number of hydrogen-bond acceptors (Lipinski definition) is 2. The van der Waals surface area contributed by atoms with Crippen LogP contribution in [-0.2, 0) is 5.41 Å². The second-order valence-corrected chi connectivity index (χ2v) is 6.17. The summed E-state index contributed by atoms with van der Waals surface area (Å²) in [6.07, 6.45) is 0. The minimum absolute atomic E-state index is 0.200. The monoisotopic (exact) mass is 222 g/mol. The maximum absolute atomic E-state index is 5.72. The number of ether oxygens (including phenoxy) is 1. The Morgan fingerprint density at radius 1 is 1.27 bits per heavy atom. The van der Waals surface area contributed by atoms with E-state index in [2.05, 4.69) is 39.8 Å². The van der Waals surface area contributed by atoms with E-state index in [0.717, 1.165) is 18.1 Å². The van der Waals surface area contributed by atoms with Crippen molar-refractivity contribution in [2.75, 3.05) is 12.4 Å². The lowest BCUT2D eigenvalue weighted by atomic mass is 9.86. The van der Waals surface area contributed by atoms with Crippen molar-refractivity contribution in [1.82, 2.24) is 0 Å². The second-order valence-electron chi connectivity index (χ2n) is 5.07. The Kier molecular flexibility index (Phi) is 2.72. The van der Waals surface area contributed by atoms with E-state index in [9.17, 15) is 0 Å². The van der Waals surface area contributed by atoms with E-state index in [1.165, 1.54) is 16.0 Å². The Morgan fingerprint density at radius 3 is 2.67 bits per heavy atom. The molecule has 0 unspecified atom stereocenters. The molecule has 0 saturated heterocycles. The van der Waals surface area contributed by atoms with Crippen molar-refractivity contribution >= 4 is 11.8 Å². The van der Waals surface area contributed by atoms with Gasteiger partial charge in [0.2, 0.25) is 0 Å². The van der Waals surface area contributed by atoms with Crippen LogP contribution in [0.25, 0.3) is 0 Å². The van der Waals surface area contributed by atoms with Gasteiger partial charge in [0.05, 0.1) is 11.5 Å². The minimum Gasteiger partial charge on any atom is -0.492 e. The van der Waals surface area contributed by atoms with Gasteiger partial charge in [-0.25, -0.2) is 0 Å². The summed E-state index contributed by atoms with van der Waals surface area (Å²) >= 11 is 1.91. The first kappa shape index (κ1) is 10.9. The lowest BCUT2D eigenvalue weighted by molar-refractivity contribution is 0.328. The third-order valence-corrected chi connectivity index (χ3v) is 3.88. The van der Waals surface area contributed by atoms with Gasteiger partial charge >= 0.3 is 0 Å². The first-order valence-corrected chi connectivity index (χ1v) is 6.38.